The molecule has 1 atom stereocenters. The van der Waals surface area contributed by atoms with Gasteiger partial charge < -0.3 is 15.2 Å². The fourth-order valence-electron chi connectivity index (χ4n) is 3.98. The molecule has 0 spiro atoms. The van der Waals surface area contributed by atoms with Gasteiger partial charge in [-0.3, -0.25) is 4.79 Å². The summed E-state index contributed by atoms with van der Waals surface area (Å²) < 4.78 is 5.82. The van der Waals surface area contributed by atoms with Gasteiger partial charge >= 0.3 is 5.97 Å². The Labute approximate surface area is 184 Å². The number of carboxylic acids is 1. The molecule has 2 aromatic carbocycles. The van der Waals surface area contributed by atoms with Gasteiger partial charge in [0.05, 0.1) is 12.1 Å². The first-order chi connectivity index (χ1) is 14.8. The minimum Gasteiger partial charge on any atom is -0.494 e. The van der Waals surface area contributed by atoms with Gasteiger partial charge in [0.1, 0.15) is 11.3 Å². The Bertz CT molecular complexity index is 960. The van der Waals surface area contributed by atoms with Crippen LogP contribution in [-0.2, 0) is 15.1 Å². The molecule has 1 aliphatic rings. The van der Waals surface area contributed by atoms with E-state index in [1.807, 2.05) is 62.4 Å². The van der Waals surface area contributed by atoms with E-state index in [9.17, 15) is 14.7 Å². The molecule has 5 heteroatoms. The van der Waals surface area contributed by atoms with Crippen LogP contribution >= 0.6 is 0 Å². The number of carbonyl (C=O) groups excluding carboxylic acids is 1. The zero-order valence-electron chi connectivity index (χ0n) is 18.5. The van der Waals surface area contributed by atoms with Crippen LogP contribution in [0.1, 0.15) is 62.6 Å². The van der Waals surface area contributed by atoms with Crippen LogP contribution in [0, 0.1) is 6.92 Å². The largest absolute Gasteiger partial charge is 0.494 e. The van der Waals surface area contributed by atoms with Crippen LogP contribution in [0.15, 0.2) is 54.1 Å². The summed E-state index contributed by atoms with van der Waals surface area (Å²) in [6.45, 7) is 6.78. The van der Waals surface area contributed by atoms with Crippen molar-refractivity contribution < 1.29 is 19.4 Å². The van der Waals surface area contributed by atoms with E-state index in [0.717, 1.165) is 28.9 Å². The molecule has 2 N–H and O–H groups in total. The van der Waals surface area contributed by atoms with Gasteiger partial charge in [0.2, 0.25) is 0 Å². The van der Waals surface area contributed by atoms with Gasteiger partial charge in [0.15, 0.2) is 0 Å². The van der Waals surface area contributed by atoms with Gasteiger partial charge in [-0.1, -0.05) is 68.1 Å². The van der Waals surface area contributed by atoms with E-state index in [-0.39, 0.29) is 5.57 Å². The number of carboxylic acid groups (broad SMARTS) is 1. The highest BCUT2D eigenvalue weighted by molar-refractivity contribution is 6.22. The molecular weight excluding hydrogens is 390 g/mol. The first-order valence-corrected chi connectivity index (χ1v) is 10.9. The second kappa shape index (κ2) is 9.82. The first-order valence-electron chi connectivity index (χ1n) is 10.9. The normalized spacial score (nSPS) is 18.6. The van der Waals surface area contributed by atoms with E-state index in [4.69, 9.17) is 4.74 Å². The lowest BCUT2D eigenvalue weighted by atomic mass is 9.78. The standard InChI is InChI=1S/C26H31NO4/c1-4-5-6-7-16-31-21-14-12-20(13-15-21)26(3)17-22(19-10-8-18(2)9-11-19)23(25(29)30)24(28)27-26/h8-15H,4-7,16-17H2,1-3H3,(H,27,28)(H,29,30)/t26-/m0/s1. The molecule has 1 aliphatic heterocycles. The molecule has 0 unspecified atom stereocenters. The van der Waals surface area contributed by atoms with E-state index in [1.165, 1.54) is 19.3 Å². The number of carbonyl (C=O) groups is 2. The second-order valence-electron chi connectivity index (χ2n) is 8.42. The van der Waals surface area contributed by atoms with Crippen molar-refractivity contribution in [1.29, 1.82) is 0 Å². The van der Waals surface area contributed by atoms with Crippen molar-refractivity contribution in [3.05, 3.63) is 70.8 Å². The molecule has 3 rings (SSSR count). The molecule has 1 amide bonds. The molecule has 164 valence electrons. The summed E-state index contributed by atoms with van der Waals surface area (Å²) in [5.41, 5.74) is 2.40. The average Bonchev–Trinajstić information content (AvgIpc) is 2.73. The molecular formula is C26H31NO4. The predicted octanol–water partition coefficient (Wildman–Crippen LogP) is 5.23. The Morgan fingerprint density at radius 2 is 1.74 bits per heavy atom. The Morgan fingerprint density at radius 3 is 2.35 bits per heavy atom. The van der Waals surface area contributed by atoms with Gasteiger partial charge in [0.25, 0.3) is 5.91 Å². The van der Waals surface area contributed by atoms with Crippen LogP contribution < -0.4 is 10.1 Å². The van der Waals surface area contributed by atoms with Gasteiger partial charge in [0, 0.05) is 6.42 Å². The maximum absolute atomic E-state index is 12.8. The Hall–Kier alpha value is -3.08. The summed E-state index contributed by atoms with van der Waals surface area (Å²) in [4.78, 5) is 24.6. The van der Waals surface area contributed by atoms with Crippen LogP contribution in [0.3, 0.4) is 0 Å². The quantitative estimate of drug-likeness (QED) is 0.429. The van der Waals surface area contributed by atoms with Crippen LogP contribution in [0.5, 0.6) is 5.75 Å². The van der Waals surface area contributed by atoms with Crippen molar-refractivity contribution in [2.45, 2.75) is 58.4 Å². The minimum atomic E-state index is -1.21. The molecule has 0 fully saturated rings. The molecule has 0 saturated carbocycles. The molecule has 31 heavy (non-hydrogen) atoms. The zero-order valence-corrected chi connectivity index (χ0v) is 18.5. The van der Waals surface area contributed by atoms with Crippen molar-refractivity contribution in [3.63, 3.8) is 0 Å². The lowest BCUT2D eigenvalue weighted by Gasteiger charge is -2.37. The number of aryl methyl sites for hydroxylation is 1. The summed E-state index contributed by atoms with van der Waals surface area (Å²) in [7, 11) is 0. The van der Waals surface area contributed by atoms with Crippen LogP contribution in [0.2, 0.25) is 0 Å². The lowest BCUT2D eigenvalue weighted by molar-refractivity contribution is -0.135. The molecule has 0 aromatic heterocycles. The van der Waals surface area contributed by atoms with Crippen molar-refractivity contribution in [1.82, 2.24) is 5.32 Å². The topological polar surface area (TPSA) is 75.6 Å². The van der Waals surface area contributed by atoms with E-state index in [0.29, 0.717) is 18.6 Å². The average molecular weight is 422 g/mol. The minimum absolute atomic E-state index is 0.187. The van der Waals surface area contributed by atoms with Gasteiger partial charge in [-0.25, -0.2) is 4.79 Å². The third-order valence-electron chi connectivity index (χ3n) is 5.82. The Morgan fingerprint density at radius 1 is 1.06 bits per heavy atom. The molecule has 1 heterocycles. The third-order valence-corrected chi connectivity index (χ3v) is 5.82. The number of hydrogen-bond donors (Lipinski definition) is 2. The number of aliphatic carboxylic acids is 1. The third kappa shape index (κ3) is 5.35. The maximum Gasteiger partial charge on any atom is 0.341 e. The van der Waals surface area contributed by atoms with E-state index < -0.39 is 17.4 Å². The zero-order chi connectivity index (χ0) is 22.4. The fraction of sp³-hybridized carbons (Fsp3) is 0.385. The van der Waals surface area contributed by atoms with Gasteiger partial charge in [-0.05, 0) is 49.1 Å². The van der Waals surface area contributed by atoms with Crippen molar-refractivity contribution in [2.24, 2.45) is 0 Å². The summed E-state index contributed by atoms with van der Waals surface area (Å²) in [5, 5.41) is 12.6. The number of benzene rings is 2. The Kier molecular flexibility index (Phi) is 7.16. The van der Waals surface area contributed by atoms with Crippen LogP contribution in [0.4, 0.5) is 0 Å². The van der Waals surface area contributed by atoms with E-state index in [1.54, 1.807) is 0 Å². The molecule has 5 nitrogen and oxygen atoms in total. The van der Waals surface area contributed by atoms with Gasteiger partial charge in [-0.2, -0.15) is 0 Å². The van der Waals surface area contributed by atoms with Crippen LogP contribution in [0.25, 0.3) is 5.57 Å². The number of amides is 1. The SMILES string of the molecule is CCCCCCOc1ccc([C@]2(C)CC(c3ccc(C)cc3)=C(C(=O)O)C(=O)N2)cc1. The molecule has 0 bridgehead atoms. The van der Waals surface area contributed by atoms with Crippen molar-refractivity contribution in [3.8, 4) is 5.75 Å². The summed E-state index contributed by atoms with van der Waals surface area (Å²) in [6, 6.07) is 15.3. The van der Waals surface area contributed by atoms with Crippen LogP contribution in [-0.4, -0.2) is 23.6 Å². The number of unbranched alkanes of at least 4 members (excludes halogenated alkanes) is 3. The predicted molar refractivity (Wildman–Crippen MR) is 122 cm³/mol. The number of rotatable bonds is 9. The van der Waals surface area contributed by atoms with Crippen molar-refractivity contribution >= 4 is 17.4 Å². The second-order valence-corrected chi connectivity index (χ2v) is 8.42. The highest BCUT2D eigenvalue weighted by Crippen LogP contribution is 2.39. The fourth-order valence-corrected chi connectivity index (χ4v) is 3.98. The lowest BCUT2D eigenvalue weighted by Crippen LogP contribution is -2.48. The Balaban J connectivity index is 1.82. The maximum atomic E-state index is 12.8. The highest BCUT2D eigenvalue weighted by Gasteiger charge is 2.39. The van der Waals surface area contributed by atoms with E-state index in [2.05, 4.69) is 12.2 Å². The first kappa shape index (κ1) is 22.6. The summed E-state index contributed by atoms with van der Waals surface area (Å²) in [6.07, 6.45) is 5.00. The number of ether oxygens (including phenoxy) is 1. The molecule has 0 saturated heterocycles. The molecule has 0 radical (unpaired) electrons. The molecule has 0 aliphatic carbocycles. The molecule has 2 aromatic rings. The smallest absolute Gasteiger partial charge is 0.341 e. The summed E-state index contributed by atoms with van der Waals surface area (Å²) in [5.74, 6) is -0.971. The van der Waals surface area contributed by atoms with Crippen molar-refractivity contribution in [2.75, 3.05) is 6.61 Å². The highest BCUT2D eigenvalue weighted by atomic mass is 16.5. The van der Waals surface area contributed by atoms with E-state index >= 15 is 0 Å². The summed E-state index contributed by atoms with van der Waals surface area (Å²) >= 11 is 0. The monoisotopic (exact) mass is 421 g/mol. The number of nitrogens with one attached hydrogen (secondary N) is 1. The number of hydrogen-bond acceptors (Lipinski definition) is 3. The van der Waals surface area contributed by atoms with Gasteiger partial charge in [-0.15, -0.1) is 0 Å².